The van der Waals surface area contributed by atoms with Crippen molar-refractivity contribution >= 4 is 11.7 Å². The Morgan fingerprint density at radius 1 is 1.33 bits per heavy atom. The van der Waals surface area contributed by atoms with Gasteiger partial charge in [-0.1, -0.05) is 18.5 Å². The van der Waals surface area contributed by atoms with Crippen molar-refractivity contribution < 1.29 is 9.32 Å². The van der Waals surface area contributed by atoms with Crippen molar-refractivity contribution in [2.45, 2.75) is 33.1 Å². The Hall–Kier alpha value is -2.44. The summed E-state index contributed by atoms with van der Waals surface area (Å²) in [6.07, 6.45) is 2.27. The Bertz CT molecular complexity index is 624. The predicted octanol–water partition coefficient (Wildman–Crippen LogP) is 1.28. The molecular weight excluding hydrogens is 270 g/mol. The van der Waals surface area contributed by atoms with E-state index in [9.17, 15) is 4.79 Å². The van der Waals surface area contributed by atoms with Crippen molar-refractivity contribution in [3.05, 3.63) is 35.1 Å². The maximum atomic E-state index is 12.1. The third-order valence-corrected chi connectivity index (χ3v) is 2.87. The first-order chi connectivity index (χ1) is 10.1. The Labute approximate surface area is 122 Å². The minimum absolute atomic E-state index is 0.179. The number of aromatic nitrogens is 3. The molecule has 0 spiro atoms. The molecule has 0 aliphatic carbocycles. The molecule has 0 saturated carbocycles. The van der Waals surface area contributed by atoms with Crippen molar-refractivity contribution in [2.24, 2.45) is 0 Å². The van der Waals surface area contributed by atoms with Gasteiger partial charge in [0.25, 0.3) is 5.91 Å². The van der Waals surface area contributed by atoms with Crippen molar-refractivity contribution in [3.63, 3.8) is 0 Å². The van der Waals surface area contributed by atoms with Crippen LogP contribution >= 0.6 is 0 Å². The zero-order valence-corrected chi connectivity index (χ0v) is 12.2. The van der Waals surface area contributed by atoms with Crippen LogP contribution in [0.3, 0.4) is 0 Å². The van der Waals surface area contributed by atoms with E-state index in [1.54, 1.807) is 19.1 Å². The van der Waals surface area contributed by atoms with Crippen LogP contribution in [0.2, 0.25) is 0 Å². The number of nitrogens with two attached hydrogens (primary N) is 1. The highest BCUT2D eigenvalue weighted by Gasteiger charge is 2.09. The van der Waals surface area contributed by atoms with Gasteiger partial charge in [-0.05, 0) is 18.6 Å². The summed E-state index contributed by atoms with van der Waals surface area (Å²) in [5, 5.41) is 6.58. The van der Waals surface area contributed by atoms with Crippen molar-refractivity contribution in [3.8, 4) is 0 Å². The number of rotatable bonds is 6. The summed E-state index contributed by atoms with van der Waals surface area (Å²) < 4.78 is 4.87. The minimum Gasteiger partial charge on any atom is -0.384 e. The fraction of sp³-hybridized carbons (Fsp3) is 0.429. The summed E-state index contributed by atoms with van der Waals surface area (Å²) in [6, 6.07) is 3.35. The van der Waals surface area contributed by atoms with Gasteiger partial charge in [0.15, 0.2) is 5.82 Å². The average Bonchev–Trinajstić information content (AvgIpc) is 2.84. The normalized spacial score (nSPS) is 10.6. The predicted molar refractivity (Wildman–Crippen MR) is 77.7 cm³/mol. The summed E-state index contributed by atoms with van der Waals surface area (Å²) in [5.74, 6) is 1.28. The zero-order chi connectivity index (χ0) is 15.2. The molecule has 0 aliphatic heterocycles. The third kappa shape index (κ3) is 4.27. The second-order valence-electron chi connectivity index (χ2n) is 4.76. The highest BCUT2D eigenvalue weighted by molar-refractivity contribution is 5.94. The molecule has 0 fully saturated rings. The summed E-state index contributed by atoms with van der Waals surface area (Å²) in [5.41, 5.74) is 7.08. The lowest BCUT2D eigenvalue weighted by molar-refractivity contribution is 0.0953. The number of hydrogen-bond donors (Lipinski definition) is 2. The molecule has 2 rings (SSSR count). The highest BCUT2D eigenvalue weighted by Crippen LogP contribution is 2.09. The van der Waals surface area contributed by atoms with Crippen molar-refractivity contribution in [1.82, 2.24) is 20.4 Å². The van der Waals surface area contributed by atoms with Crippen LogP contribution in [0.5, 0.6) is 0 Å². The van der Waals surface area contributed by atoms with Gasteiger partial charge in [0.05, 0.1) is 0 Å². The molecule has 0 unspecified atom stereocenters. The Balaban J connectivity index is 1.93. The topological polar surface area (TPSA) is 107 Å². The van der Waals surface area contributed by atoms with E-state index in [2.05, 4.69) is 27.4 Å². The fourth-order valence-corrected chi connectivity index (χ4v) is 1.96. The van der Waals surface area contributed by atoms with Gasteiger partial charge in [-0.25, -0.2) is 4.98 Å². The van der Waals surface area contributed by atoms with Crippen LogP contribution in [0.15, 0.2) is 16.7 Å². The number of nitrogens with zero attached hydrogens (tertiary/aromatic N) is 3. The minimum atomic E-state index is -0.179. The summed E-state index contributed by atoms with van der Waals surface area (Å²) in [6.45, 7) is 4.21. The lowest BCUT2D eigenvalue weighted by Gasteiger charge is -2.07. The molecule has 2 heterocycles. The van der Waals surface area contributed by atoms with Crippen molar-refractivity contribution in [1.29, 1.82) is 0 Å². The van der Waals surface area contributed by atoms with E-state index in [0.717, 1.165) is 18.5 Å². The number of pyridine rings is 1. The summed E-state index contributed by atoms with van der Waals surface area (Å²) >= 11 is 0. The van der Waals surface area contributed by atoms with E-state index < -0.39 is 0 Å². The standard InChI is InChI=1S/C14H19N5O2/c1-3-4-11-7-10(8-12(15)18-11)14(20)16-6-5-13-17-9(2)21-19-13/h7-8H,3-6H2,1-2H3,(H2,15,18)(H,16,20). The Kier molecular flexibility index (Phi) is 4.86. The first kappa shape index (κ1) is 15.0. The molecule has 21 heavy (non-hydrogen) atoms. The number of nitrogens with one attached hydrogen (secondary N) is 1. The van der Waals surface area contributed by atoms with Gasteiger partial charge in [0.1, 0.15) is 5.82 Å². The van der Waals surface area contributed by atoms with Crippen molar-refractivity contribution in [2.75, 3.05) is 12.3 Å². The lowest BCUT2D eigenvalue weighted by atomic mass is 10.1. The van der Waals surface area contributed by atoms with Gasteiger partial charge < -0.3 is 15.6 Å². The van der Waals surface area contributed by atoms with Crippen LogP contribution in [0, 0.1) is 6.92 Å². The maximum Gasteiger partial charge on any atom is 0.251 e. The largest absolute Gasteiger partial charge is 0.384 e. The van der Waals surface area contributed by atoms with E-state index in [4.69, 9.17) is 10.3 Å². The first-order valence-electron chi connectivity index (χ1n) is 6.92. The highest BCUT2D eigenvalue weighted by atomic mass is 16.5. The third-order valence-electron chi connectivity index (χ3n) is 2.87. The number of carbonyl (C=O) groups is 1. The molecule has 0 aromatic carbocycles. The molecule has 2 aromatic heterocycles. The molecule has 0 radical (unpaired) electrons. The van der Waals surface area contributed by atoms with Gasteiger partial charge in [0, 0.05) is 31.1 Å². The number of carbonyl (C=O) groups excluding carboxylic acids is 1. The zero-order valence-electron chi connectivity index (χ0n) is 12.2. The van der Waals surface area contributed by atoms with Gasteiger partial charge in [-0.2, -0.15) is 4.98 Å². The summed E-state index contributed by atoms with van der Waals surface area (Å²) in [7, 11) is 0. The molecule has 0 saturated heterocycles. The number of amides is 1. The van der Waals surface area contributed by atoms with Crippen LogP contribution in [-0.2, 0) is 12.8 Å². The van der Waals surface area contributed by atoms with E-state index in [1.807, 2.05) is 0 Å². The molecule has 0 atom stereocenters. The fourth-order valence-electron chi connectivity index (χ4n) is 1.96. The Morgan fingerprint density at radius 2 is 2.14 bits per heavy atom. The van der Waals surface area contributed by atoms with Crippen LogP contribution < -0.4 is 11.1 Å². The van der Waals surface area contributed by atoms with E-state index in [1.165, 1.54) is 0 Å². The monoisotopic (exact) mass is 289 g/mol. The number of nitrogen functional groups attached to an aromatic ring is 1. The molecule has 7 nitrogen and oxygen atoms in total. The van der Waals surface area contributed by atoms with Crippen LogP contribution in [0.1, 0.15) is 41.1 Å². The molecule has 2 aromatic rings. The van der Waals surface area contributed by atoms with Crippen LogP contribution in [0.4, 0.5) is 5.82 Å². The van der Waals surface area contributed by atoms with Gasteiger partial charge in [0.2, 0.25) is 5.89 Å². The van der Waals surface area contributed by atoms with E-state index in [0.29, 0.717) is 36.1 Å². The smallest absolute Gasteiger partial charge is 0.251 e. The Morgan fingerprint density at radius 3 is 2.81 bits per heavy atom. The molecule has 3 N–H and O–H groups in total. The second kappa shape index (κ2) is 6.83. The van der Waals surface area contributed by atoms with Crippen LogP contribution in [-0.4, -0.2) is 27.6 Å². The molecule has 1 amide bonds. The first-order valence-corrected chi connectivity index (χ1v) is 6.92. The number of aryl methyl sites for hydroxylation is 2. The number of hydrogen-bond acceptors (Lipinski definition) is 6. The maximum absolute atomic E-state index is 12.1. The van der Waals surface area contributed by atoms with Gasteiger partial charge in [-0.15, -0.1) is 0 Å². The van der Waals surface area contributed by atoms with Gasteiger partial charge >= 0.3 is 0 Å². The number of anilines is 1. The average molecular weight is 289 g/mol. The molecular formula is C14H19N5O2. The lowest BCUT2D eigenvalue weighted by Crippen LogP contribution is -2.26. The van der Waals surface area contributed by atoms with E-state index in [-0.39, 0.29) is 5.91 Å². The second-order valence-corrected chi connectivity index (χ2v) is 4.76. The van der Waals surface area contributed by atoms with Crippen LogP contribution in [0.25, 0.3) is 0 Å². The van der Waals surface area contributed by atoms with Gasteiger partial charge in [-0.3, -0.25) is 4.79 Å². The quantitative estimate of drug-likeness (QED) is 0.829. The summed E-state index contributed by atoms with van der Waals surface area (Å²) in [4.78, 5) is 20.4. The SMILES string of the molecule is CCCc1cc(C(=O)NCCc2noc(C)n2)cc(N)n1. The molecule has 0 aliphatic rings. The molecule has 112 valence electrons. The van der Waals surface area contributed by atoms with E-state index >= 15 is 0 Å². The molecule has 0 bridgehead atoms. The molecule has 7 heteroatoms.